The lowest BCUT2D eigenvalue weighted by Crippen LogP contribution is -2.27. The lowest BCUT2D eigenvalue weighted by Gasteiger charge is -2.08. The molecule has 1 atom stereocenters. The quantitative estimate of drug-likeness (QED) is 0.721. The lowest BCUT2D eigenvalue weighted by molar-refractivity contribution is 0.186. The van der Waals surface area contributed by atoms with Crippen molar-refractivity contribution in [2.24, 2.45) is 5.73 Å². The Morgan fingerprint density at radius 2 is 2.23 bits per heavy atom. The molecule has 1 aromatic heterocycles. The Kier molecular flexibility index (Phi) is 4.82. The van der Waals surface area contributed by atoms with E-state index in [4.69, 9.17) is 10.5 Å². The van der Waals surface area contributed by atoms with Crippen LogP contribution in [0.5, 0.6) is 0 Å². The second-order valence-electron chi connectivity index (χ2n) is 2.71. The standard InChI is InChI=1S/C9H14N2OS/c1-12-6-8(10)7-13-9-2-4-11-5-3-9/h2-5,8H,6-7,10H2,1H3. The molecule has 0 saturated heterocycles. The third kappa shape index (κ3) is 4.26. The Labute approximate surface area is 82.7 Å². The van der Waals surface area contributed by atoms with E-state index < -0.39 is 0 Å². The van der Waals surface area contributed by atoms with Crippen molar-refractivity contribution in [2.45, 2.75) is 10.9 Å². The fourth-order valence-corrected chi connectivity index (χ4v) is 1.72. The molecule has 0 aliphatic rings. The van der Waals surface area contributed by atoms with Crippen LogP contribution in [0.15, 0.2) is 29.4 Å². The number of pyridine rings is 1. The molecule has 0 aromatic carbocycles. The van der Waals surface area contributed by atoms with E-state index in [0.717, 1.165) is 5.75 Å². The fraction of sp³-hybridized carbons (Fsp3) is 0.444. The smallest absolute Gasteiger partial charge is 0.0621 e. The first kappa shape index (κ1) is 10.5. The first-order valence-electron chi connectivity index (χ1n) is 4.10. The molecule has 0 spiro atoms. The van der Waals surface area contributed by atoms with Crippen LogP contribution >= 0.6 is 11.8 Å². The summed E-state index contributed by atoms with van der Waals surface area (Å²) in [5.41, 5.74) is 5.77. The van der Waals surface area contributed by atoms with Gasteiger partial charge in [0.2, 0.25) is 0 Å². The molecule has 4 heteroatoms. The molecule has 13 heavy (non-hydrogen) atoms. The van der Waals surface area contributed by atoms with E-state index in [-0.39, 0.29) is 6.04 Å². The molecule has 0 saturated carbocycles. The number of hydrogen-bond donors (Lipinski definition) is 1. The zero-order chi connectivity index (χ0) is 9.52. The van der Waals surface area contributed by atoms with Gasteiger partial charge in [-0.05, 0) is 12.1 Å². The number of aromatic nitrogens is 1. The van der Waals surface area contributed by atoms with Gasteiger partial charge in [0.05, 0.1) is 6.61 Å². The van der Waals surface area contributed by atoms with Crippen molar-refractivity contribution in [2.75, 3.05) is 19.5 Å². The second-order valence-corrected chi connectivity index (χ2v) is 3.80. The Bertz CT molecular complexity index is 230. The molecule has 0 amide bonds. The van der Waals surface area contributed by atoms with Gasteiger partial charge in [-0.1, -0.05) is 0 Å². The minimum absolute atomic E-state index is 0.100. The normalized spacial score (nSPS) is 12.8. The number of nitrogens with two attached hydrogens (primary N) is 1. The summed E-state index contributed by atoms with van der Waals surface area (Å²) in [6, 6.07) is 4.05. The third-order valence-corrected chi connectivity index (χ3v) is 2.69. The molecule has 0 aliphatic carbocycles. The molecule has 1 rings (SSSR count). The summed E-state index contributed by atoms with van der Waals surface area (Å²) < 4.78 is 4.94. The van der Waals surface area contributed by atoms with Crippen molar-refractivity contribution in [1.82, 2.24) is 4.98 Å². The van der Waals surface area contributed by atoms with Gasteiger partial charge in [0.15, 0.2) is 0 Å². The van der Waals surface area contributed by atoms with E-state index in [1.54, 1.807) is 31.3 Å². The molecule has 0 fully saturated rings. The molecule has 0 aliphatic heterocycles. The van der Waals surface area contributed by atoms with Crippen LogP contribution in [0.25, 0.3) is 0 Å². The van der Waals surface area contributed by atoms with E-state index in [9.17, 15) is 0 Å². The molecule has 1 unspecified atom stereocenters. The van der Waals surface area contributed by atoms with E-state index >= 15 is 0 Å². The highest BCUT2D eigenvalue weighted by atomic mass is 32.2. The predicted octanol–water partition coefficient (Wildman–Crippen LogP) is 1.15. The highest BCUT2D eigenvalue weighted by Gasteiger charge is 2.01. The minimum atomic E-state index is 0.100. The Balaban J connectivity index is 2.27. The maximum absolute atomic E-state index is 5.77. The van der Waals surface area contributed by atoms with Gasteiger partial charge in [-0.25, -0.2) is 0 Å². The summed E-state index contributed by atoms with van der Waals surface area (Å²) in [5, 5.41) is 0. The highest BCUT2D eigenvalue weighted by Crippen LogP contribution is 2.16. The Hall–Kier alpha value is -0.580. The number of ether oxygens (including phenoxy) is 1. The molecule has 2 N–H and O–H groups in total. The largest absolute Gasteiger partial charge is 0.383 e. The Morgan fingerprint density at radius 1 is 1.54 bits per heavy atom. The van der Waals surface area contributed by atoms with E-state index in [2.05, 4.69) is 4.98 Å². The molecule has 1 heterocycles. The van der Waals surface area contributed by atoms with Crippen molar-refractivity contribution in [1.29, 1.82) is 0 Å². The van der Waals surface area contributed by atoms with Crippen LogP contribution in [0, 0.1) is 0 Å². The summed E-state index contributed by atoms with van der Waals surface area (Å²) in [5.74, 6) is 0.873. The number of rotatable bonds is 5. The lowest BCUT2D eigenvalue weighted by atomic mass is 10.4. The van der Waals surface area contributed by atoms with Gasteiger partial charge in [-0.3, -0.25) is 4.98 Å². The molecule has 0 bridgehead atoms. The summed E-state index contributed by atoms with van der Waals surface area (Å²) in [6.45, 7) is 0.609. The highest BCUT2D eigenvalue weighted by molar-refractivity contribution is 7.99. The third-order valence-electron chi connectivity index (χ3n) is 1.49. The number of methoxy groups -OCH3 is 1. The second kappa shape index (κ2) is 5.96. The fourth-order valence-electron chi connectivity index (χ4n) is 0.900. The van der Waals surface area contributed by atoms with E-state index in [1.165, 1.54) is 4.90 Å². The van der Waals surface area contributed by atoms with Crippen LogP contribution in [0.3, 0.4) is 0 Å². The van der Waals surface area contributed by atoms with Gasteiger partial charge in [-0.15, -0.1) is 11.8 Å². The van der Waals surface area contributed by atoms with Crippen molar-refractivity contribution in [3.8, 4) is 0 Å². The van der Waals surface area contributed by atoms with Crippen molar-refractivity contribution in [3.05, 3.63) is 24.5 Å². The SMILES string of the molecule is COCC(N)CSc1ccncc1. The first-order chi connectivity index (χ1) is 6.33. The van der Waals surface area contributed by atoms with Crippen LogP contribution < -0.4 is 5.73 Å². The summed E-state index contributed by atoms with van der Waals surface area (Å²) >= 11 is 1.72. The summed E-state index contributed by atoms with van der Waals surface area (Å²) in [7, 11) is 1.66. The Morgan fingerprint density at radius 3 is 2.85 bits per heavy atom. The zero-order valence-electron chi connectivity index (χ0n) is 7.64. The zero-order valence-corrected chi connectivity index (χ0v) is 8.46. The first-order valence-corrected chi connectivity index (χ1v) is 5.09. The number of nitrogens with zero attached hydrogens (tertiary/aromatic N) is 1. The molecule has 3 nitrogen and oxygen atoms in total. The van der Waals surface area contributed by atoms with Crippen molar-refractivity contribution in [3.63, 3.8) is 0 Å². The van der Waals surface area contributed by atoms with Crippen molar-refractivity contribution < 1.29 is 4.74 Å². The number of thioether (sulfide) groups is 1. The summed E-state index contributed by atoms with van der Waals surface area (Å²) in [6.07, 6.45) is 3.56. The average molecular weight is 198 g/mol. The van der Waals surface area contributed by atoms with Crippen LogP contribution in [0.4, 0.5) is 0 Å². The maximum atomic E-state index is 5.77. The van der Waals surface area contributed by atoms with E-state index in [0.29, 0.717) is 6.61 Å². The van der Waals surface area contributed by atoms with Gasteiger partial charge >= 0.3 is 0 Å². The van der Waals surface area contributed by atoms with Crippen molar-refractivity contribution >= 4 is 11.8 Å². The molecular formula is C9H14N2OS. The topological polar surface area (TPSA) is 48.1 Å². The van der Waals surface area contributed by atoms with Gasteiger partial charge in [0.1, 0.15) is 0 Å². The van der Waals surface area contributed by atoms with Gasteiger partial charge in [0.25, 0.3) is 0 Å². The summed E-state index contributed by atoms with van der Waals surface area (Å²) in [4.78, 5) is 5.14. The van der Waals surface area contributed by atoms with E-state index in [1.807, 2.05) is 12.1 Å². The van der Waals surface area contributed by atoms with Gasteiger partial charge in [-0.2, -0.15) is 0 Å². The molecule has 72 valence electrons. The number of hydrogen-bond acceptors (Lipinski definition) is 4. The minimum Gasteiger partial charge on any atom is -0.383 e. The van der Waals surface area contributed by atoms with Crippen LogP contribution in [0.2, 0.25) is 0 Å². The van der Waals surface area contributed by atoms with Crippen LogP contribution in [-0.2, 0) is 4.74 Å². The van der Waals surface area contributed by atoms with Gasteiger partial charge < -0.3 is 10.5 Å². The van der Waals surface area contributed by atoms with Crippen LogP contribution in [-0.4, -0.2) is 30.5 Å². The molecule has 0 radical (unpaired) electrons. The molecule has 1 aromatic rings. The average Bonchev–Trinajstić information content (AvgIpc) is 2.17. The van der Waals surface area contributed by atoms with Gasteiger partial charge in [0, 0.05) is 36.2 Å². The van der Waals surface area contributed by atoms with Crippen LogP contribution in [0.1, 0.15) is 0 Å². The molecular weight excluding hydrogens is 184 g/mol. The maximum Gasteiger partial charge on any atom is 0.0621 e. The predicted molar refractivity (Wildman–Crippen MR) is 54.8 cm³/mol. The monoisotopic (exact) mass is 198 g/mol.